The minimum Gasteiger partial charge on any atom is -0.356 e. The van der Waals surface area contributed by atoms with Crippen molar-refractivity contribution in [2.45, 2.75) is 31.1 Å². The molecule has 0 aromatic heterocycles. The monoisotopic (exact) mass is 486 g/mol. The van der Waals surface area contributed by atoms with Gasteiger partial charge in [0.1, 0.15) is 11.6 Å². The van der Waals surface area contributed by atoms with Crippen molar-refractivity contribution in [3.63, 3.8) is 0 Å². The minimum atomic E-state index is -0.857. The molecule has 0 spiro atoms. The van der Waals surface area contributed by atoms with E-state index >= 15 is 0 Å². The van der Waals surface area contributed by atoms with Gasteiger partial charge in [0.05, 0.1) is 5.56 Å². The van der Waals surface area contributed by atoms with E-state index in [4.69, 9.17) is 0 Å². The van der Waals surface area contributed by atoms with Crippen LogP contribution in [0.15, 0.2) is 66.7 Å². The minimum absolute atomic E-state index is 0.0260. The number of halogens is 2. The summed E-state index contributed by atoms with van der Waals surface area (Å²) in [7, 11) is 0. The molecule has 2 bridgehead atoms. The van der Waals surface area contributed by atoms with Crippen LogP contribution in [0.4, 0.5) is 8.78 Å². The van der Waals surface area contributed by atoms with E-state index in [0.717, 1.165) is 18.6 Å². The molecule has 1 N–H and O–H groups in total. The van der Waals surface area contributed by atoms with Gasteiger partial charge in [-0.25, -0.2) is 8.78 Å². The zero-order valence-corrected chi connectivity index (χ0v) is 19.9. The van der Waals surface area contributed by atoms with Crippen molar-refractivity contribution in [2.75, 3.05) is 19.6 Å². The summed E-state index contributed by atoms with van der Waals surface area (Å²) in [4.78, 5) is 27.3. The number of hydrogen-bond donors (Lipinski definition) is 1. The van der Waals surface area contributed by atoms with Crippen molar-refractivity contribution in [1.29, 1.82) is 0 Å². The number of likely N-dealkylation sites (tertiary alicyclic amines) is 1. The van der Waals surface area contributed by atoms with E-state index in [1.54, 1.807) is 4.90 Å². The highest BCUT2D eigenvalue weighted by Gasteiger charge is 2.43. The molecule has 3 aromatic carbocycles. The number of nitrogens with one attached hydrogen (secondary N) is 1. The first-order chi connectivity index (χ1) is 17.5. The Bertz CT molecular complexity index is 1280. The van der Waals surface area contributed by atoms with Gasteiger partial charge in [0.2, 0.25) is 5.91 Å². The largest absolute Gasteiger partial charge is 0.356 e. The van der Waals surface area contributed by atoms with E-state index in [9.17, 15) is 18.4 Å². The summed E-state index contributed by atoms with van der Waals surface area (Å²) >= 11 is 0. The van der Waals surface area contributed by atoms with Crippen LogP contribution in [-0.4, -0.2) is 36.3 Å². The molecule has 1 aliphatic heterocycles. The van der Waals surface area contributed by atoms with E-state index in [1.165, 1.54) is 28.3 Å². The average Bonchev–Trinajstić information content (AvgIpc) is 2.91. The molecule has 184 valence electrons. The predicted molar refractivity (Wildman–Crippen MR) is 133 cm³/mol. The topological polar surface area (TPSA) is 49.4 Å². The molecule has 4 aliphatic rings. The standard InChI is InChI=1S/C30H28F2N2O2/c31-20-9-10-25(27(32)16-20)30(36)34-13-11-18(12-14-34)29(35)33-17-19-15-26-21-5-1-3-7-23(21)28(19)24-8-4-2-6-22(24)26/h1-10,16,18-19,26,28H,11-15,17H2,(H,33,35). The second-order valence-corrected chi connectivity index (χ2v) is 10.2. The van der Waals surface area contributed by atoms with Gasteiger partial charge in [-0.1, -0.05) is 48.5 Å². The number of carbonyl (C=O) groups is 2. The first-order valence-electron chi connectivity index (χ1n) is 12.7. The third-order valence-corrected chi connectivity index (χ3v) is 8.28. The molecule has 2 amide bonds. The summed E-state index contributed by atoms with van der Waals surface area (Å²) in [5, 5.41) is 3.22. The molecule has 1 atom stereocenters. The maximum atomic E-state index is 14.0. The molecule has 4 nitrogen and oxygen atoms in total. The number of benzene rings is 3. The fourth-order valence-electron chi connectivity index (χ4n) is 6.51. The normalized spacial score (nSPS) is 22.6. The zero-order valence-electron chi connectivity index (χ0n) is 19.9. The van der Waals surface area contributed by atoms with Gasteiger partial charge in [-0.15, -0.1) is 0 Å². The lowest BCUT2D eigenvalue weighted by Crippen LogP contribution is -2.45. The first kappa shape index (κ1) is 22.9. The highest BCUT2D eigenvalue weighted by molar-refractivity contribution is 5.94. The summed E-state index contributed by atoms with van der Waals surface area (Å²) in [5.74, 6) is -1.18. The summed E-state index contributed by atoms with van der Waals surface area (Å²) in [6.07, 6.45) is 2.08. The Morgan fingerprint density at radius 2 is 1.47 bits per heavy atom. The van der Waals surface area contributed by atoms with E-state index in [2.05, 4.69) is 53.8 Å². The second kappa shape index (κ2) is 9.16. The van der Waals surface area contributed by atoms with Crippen LogP contribution in [0, 0.1) is 23.5 Å². The van der Waals surface area contributed by atoms with Crippen LogP contribution in [0.3, 0.4) is 0 Å². The number of carbonyl (C=O) groups excluding carboxylic acids is 2. The summed E-state index contributed by atoms with van der Waals surface area (Å²) in [6, 6.07) is 20.4. The van der Waals surface area contributed by atoms with Crippen molar-refractivity contribution >= 4 is 11.8 Å². The van der Waals surface area contributed by atoms with Gasteiger partial charge in [-0.3, -0.25) is 9.59 Å². The number of fused-ring (bicyclic) bond motifs is 1. The van der Waals surface area contributed by atoms with Gasteiger partial charge in [-0.2, -0.15) is 0 Å². The fraction of sp³-hybridized carbons (Fsp3) is 0.333. The van der Waals surface area contributed by atoms with Gasteiger partial charge in [0.25, 0.3) is 5.91 Å². The second-order valence-electron chi connectivity index (χ2n) is 10.2. The molecule has 1 saturated heterocycles. The van der Waals surface area contributed by atoms with E-state index in [0.29, 0.717) is 44.3 Å². The Morgan fingerprint density at radius 3 is 2.08 bits per heavy atom. The molecule has 0 radical (unpaired) electrons. The van der Waals surface area contributed by atoms with Crippen molar-refractivity contribution in [1.82, 2.24) is 10.2 Å². The molecular formula is C30H28F2N2O2. The molecular weight excluding hydrogens is 458 g/mol. The van der Waals surface area contributed by atoms with Crippen LogP contribution in [0.2, 0.25) is 0 Å². The van der Waals surface area contributed by atoms with Crippen molar-refractivity contribution < 1.29 is 18.4 Å². The molecule has 7 rings (SSSR count). The third-order valence-electron chi connectivity index (χ3n) is 8.28. The Morgan fingerprint density at radius 1 is 0.861 bits per heavy atom. The smallest absolute Gasteiger partial charge is 0.256 e. The number of amides is 2. The zero-order chi connectivity index (χ0) is 24.8. The van der Waals surface area contributed by atoms with Crippen molar-refractivity contribution in [3.8, 4) is 0 Å². The molecule has 3 aliphatic carbocycles. The van der Waals surface area contributed by atoms with Crippen LogP contribution >= 0.6 is 0 Å². The Kier molecular flexibility index (Phi) is 5.82. The number of rotatable bonds is 4. The first-order valence-corrected chi connectivity index (χ1v) is 12.7. The quantitative estimate of drug-likeness (QED) is 0.549. The highest BCUT2D eigenvalue weighted by atomic mass is 19.1. The van der Waals surface area contributed by atoms with Crippen molar-refractivity contribution in [3.05, 3.63) is 106 Å². The molecule has 36 heavy (non-hydrogen) atoms. The number of piperidine rings is 1. The average molecular weight is 487 g/mol. The molecule has 1 heterocycles. The number of hydrogen-bond acceptors (Lipinski definition) is 2. The van der Waals surface area contributed by atoms with Gasteiger partial charge in [-0.05, 0) is 59.6 Å². The van der Waals surface area contributed by atoms with Crippen LogP contribution in [0.5, 0.6) is 0 Å². The van der Waals surface area contributed by atoms with Crippen LogP contribution in [0.1, 0.15) is 63.7 Å². The lowest BCUT2D eigenvalue weighted by Gasteiger charge is -2.45. The molecule has 3 aromatic rings. The van der Waals surface area contributed by atoms with Crippen LogP contribution in [0.25, 0.3) is 0 Å². The predicted octanol–water partition coefficient (Wildman–Crippen LogP) is 5.23. The lowest BCUT2D eigenvalue weighted by molar-refractivity contribution is -0.126. The Labute approximate surface area is 209 Å². The van der Waals surface area contributed by atoms with E-state index in [1.807, 2.05) is 0 Å². The fourth-order valence-corrected chi connectivity index (χ4v) is 6.51. The summed E-state index contributed by atoms with van der Waals surface area (Å²) < 4.78 is 27.2. The maximum Gasteiger partial charge on any atom is 0.256 e. The molecule has 1 unspecified atom stereocenters. The Balaban J connectivity index is 1.09. The Hall–Kier alpha value is -3.54. The SMILES string of the molecule is O=C(NCC1CC2c3ccccc3C1c1ccccc12)C1CCN(C(=O)c2ccc(F)cc2F)CC1. The summed E-state index contributed by atoms with van der Waals surface area (Å²) in [5.41, 5.74) is 5.46. The third kappa shape index (κ3) is 3.89. The highest BCUT2D eigenvalue weighted by Crippen LogP contribution is 2.55. The van der Waals surface area contributed by atoms with Crippen LogP contribution in [-0.2, 0) is 4.79 Å². The van der Waals surface area contributed by atoms with E-state index < -0.39 is 17.5 Å². The molecule has 1 fully saturated rings. The maximum absolute atomic E-state index is 14.0. The molecule has 0 saturated carbocycles. The van der Waals surface area contributed by atoms with Gasteiger partial charge >= 0.3 is 0 Å². The van der Waals surface area contributed by atoms with Gasteiger partial charge in [0.15, 0.2) is 0 Å². The molecule has 6 heteroatoms. The number of nitrogens with zero attached hydrogens (tertiary/aromatic N) is 1. The van der Waals surface area contributed by atoms with Gasteiger partial charge in [0, 0.05) is 43.5 Å². The summed E-state index contributed by atoms with van der Waals surface area (Å²) in [6.45, 7) is 1.38. The van der Waals surface area contributed by atoms with Gasteiger partial charge < -0.3 is 10.2 Å². The van der Waals surface area contributed by atoms with Crippen molar-refractivity contribution in [2.24, 2.45) is 11.8 Å². The van der Waals surface area contributed by atoms with Crippen LogP contribution < -0.4 is 5.32 Å². The van der Waals surface area contributed by atoms with E-state index in [-0.39, 0.29) is 23.3 Å². The lowest BCUT2D eigenvalue weighted by atomic mass is 9.59.